The SMILES string of the molecule is Nc1ccc(C(F)(F)F)cc1-c1nc2cccnc2s1. The number of halogens is 3. The van der Waals surface area contributed by atoms with Crippen molar-refractivity contribution in [3.05, 3.63) is 42.1 Å². The molecule has 0 aliphatic carbocycles. The molecule has 0 bridgehead atoms. The highest BCUT2D eigenvalue weighted by molar-refractivity contribution is 7.21. The largest absolute Gasteiger partial charge is 0.416 e. The second kappa shape index (κ2) is 4.45. The van der Waals surface area contributed by atoms with E-state index in [1.807, 2.05) is 0 Å². The van der Waals surface area contributed by atoms with E-state index in [4.69, 9.17) is 5.73 Å². The van der Waals surface area contributed by atoms with Gasteiger partial charge in [0.2, 0.25) is 0 Å². The molecule has 0 saturated carbocycles. The van der Waals surface area contributed by atoms with Crippen LogP contribution in [-0.4, -0.2) is 9.97 Å². The van der Waals surface area contributed by atoms with Crippen molar-refractivity contribution in [2.75, 3.05) is 5.73 Å². The lowest BCUT2D eigenvalue weighted by molar-refractivity contribution is -0.137. The normalized spacial score (nSPS) is 11.9. The van der Waals surface area contributed by atoms with Gasteiger partial charge < -0.3 is 5.73 Å². The van der Waals surface area contributed by atoms with Gasteiger partial charge in [-0.1, -0.05) is 11.3 Å². The summed E-state index contributed by atoms with van der Waals surface area (Å²) in [7, 11) is 0. The first-order valence-corrected chi connectivity index (χ1v) is 6.45. The van der Waals surface area contributed by atoms with Crippen LogP contribution in [0.1, 0.15) is 5.56 Å². The number of anilines is 1. The molecule has 3 nitrogen and oxygen atoms in total. The fourth-order valence-electron chi connectivity index (χ4n) is 1.80. The molecule has 1 aromatic carbocycles. The maximum Gasteiger partial charge on any atom is 0.416 e. The van der Waals surface area contributed by atoms with Gasteiger partial charge in [0, 0.05) is 17.4 Å². The molecule has 0 atom stereocenters. The fourth-order valence-corrected chi connectivity index (χ4v) is 2.75. The molecule has 0 aliphatic heterocycles. The van der Waals surface area contributed by atoms with Gasteiger partial charge in [0.15, 0.2) is 0 Å². The summed E-state index contributed by atoms with van der Waals surface area (Å²) in [5.74, 6) is 0. The van der Waals surface area contributed by atoms with E-state index in [1.165, 1.54) is 17.4 Å². The van der Waals surface area contributed by atoms with Crippen molar-refractivity contribution in [3.63, 3.8) is 0 Å². The summed E-state index contributed by atoms with van der Waals surface area (Å²) in [6.45, 7) is 0. The first-order chi connectivity index (χ1) is 9.45. The molecule has 3 rings (SSSR count). The van der Waals surface area contributed by atoms with Crippen molar-refractivity contribution >= 4 is 27.4 Å². The topological polar surface area (TPSA) is 51.8 Å². The molecular formula is C13H8F3N3S. The Morgan fingerprint density at radius 1 is 1.15 bits per heavy atom. The average Bonchev–Trinajstić information content (AvgIpc) is 2.81. The zero-order valence-electron chi connectivity index (χ0n) is 9.98. The zero-order valence-corrected chi connectivity index (χ0v) is 10.8. The van der Waals surface area contributed by atoms with Crippen LogP contribution < -0.4 is 5.73 Å². The summed E-state index contributed by atoms with van der Waals surface area (Å²) < 4.78 is 38.2. The first kappa shape index (κ1) is 12.9. The molecule has 0 fully saturated rings. The summed E-state index contributed by atoms with van der Waals surface area (Å²) in [6, 6.07) is 6.71. The highest BCUT2D eigenvalue weighted by atomic mass is 32.1. The minimum atomic E-state index is -4.41. The molecule has 7 heteroatoms. The maximum absolute atomic E-state index is 12.7. The van der Waals surface area contributed by atoms with Crippen LogP contribution in [0.25, 0.3) is 20.9 Å². The lowest BCUT2D eigenvalue weighted by Crippen LogP contribution is -2.05. The Bertz CT molecular complexity index is 747. The van der Waals surface area contributed by atoms with E-state index in [-0.39, 0.29) is 11.3 Å². The number of benzene rings is 1. The summed E-state index contributed by atoms with van der Waals surface area (Å²) in [4.78, 5) is 9.06. The molecule has 0 unspecified atom stereocenters. The number of aromatic nitrogens is 2. The Morgan fingerprint density at radius 3 is 2.65 bits per heavy atom. The van der Waals surface area contributed by atoms with E-state index >= 15 is 0 Å². The van der Waals surface area contributed by atoms with E-state index < -0.39 is 11.7 Å². The number of rotatable bonds is 1. The highest BCUT2D eigenvalue weighted by Gasteiger charge is 2.31. The standard InChI is InChI=1S/C13H8F3N3S/c14-13(15,16)7-3-4-9(17)8(6-7)11-19-10-2-1-5-18-12(10)20-11/h1-6H,17H2. The Balaban J connectivity index is 2.17. The van der Waals surface area contributed by atoms with E-state index in [9.17, 15) is 13.2 Å². The molecule has 0 aliphatic rings. The number of pyridine rings is 1. The molecule has 0 amide bonds. The van der Waals surface area contributed by atoms with Gasteiger partial charge in [0.1, 0.15) is 15.4 Å². The van der Waals surface area contributed by atoms with Gasteiger partial charge in [-0.05, 0) is 30.3 Å². The first-order valence-electron chi connectivity index (χ1n) is 5.64. The lowest BCUT2D eigenvalue weighted by Gasteiger charge is -2.09. The van der Waals surface area contributed by atoms with Gasteiger partial charge in [0.05, 0.1) is 5.56 Å². The quantitative estimate of drug-likeness (QED) is 0.691. The van der Waals surface area contributed by atoms with Crippen molar-refractivity contribution in [1.82, 2.24) is 9.97 Å². The van der Waals surface area contributed by atoms with Gasteiger partial charge in [-0.15, -0.1) is 0 Å². The van der Waals surface area contributed by atoms with Crippen LogP contribution in [0, 0.1) is 0 Å². The molecule has 20 heavy (non-hydrogen) atoms. The van der Waals surface area contributed by atoms with Gasteiger partial charge in [-0.3, -0.25) is 0 Å². The Hall–Kier alpha value is -2.15. The molecular weight excluding hydrogens is 287 g/mol. The van der Waals surface area contributed by atoms with Gasteiger partial charge >= 0.3 is 6.18 Å². The number of nitrogens with two attached hydrogens (primary N) is 1. The van der Waals surface area contributed by atoms with Crippen molar-refractivity contribution in [2.45, 2.75) is 6.18 Å². The predicted molar refractivity (Wildman–Crippen MR) is 72.3 cm³/mol. The summed E-state index contributed by atoms with van der Waals surface area (Å²) in [5, 5.41) is 0.433. The Labute approximate surface area is 115 Å². The molecule has 0 saturated heterocycles. The Kier molecular flexibility index (Phi) is 2.86. The zero-order chi connectivity index (χ0) is 14.3. The van der Waals surface area contributed by atoms with Crippen LogP contribution in [0.3, 0.4) is 0 Å². The van der Waals surface area contributed by atoms with E-state index in [0.29, 0.717) is 15.4 Å². The smallest absolute Gasteiger partial charge is 0.398 e. The summed E-state index contributed by atoms with van der Waals surface area (Å²) in [6.07, 6.45) is -2.79. The number of nitrogens with zero attached hydrogens (tertiary/aromatic N) is 2. The van der Waals surface area contributed by atoms with Crippen LogP contribution in [-0.2, 0) is 6.18 Å². The third kappa shape index (κ3) is 2.20. The third-order valence-electron chi connectivity index (χ3n) is 2.78. The van der Waals surface area contributed by atoms with Crippen LogP contribution >= 0.6 is 11.3 Å². The van der Waals surface area contributed by atoms with Gasteiger partial charge in [0.25, 0.3) is 0 Å². The predicted octanol–water partition coefficient (Wildman–Crippen LogP) is 3.96. The van der Waals surface area contributed by atoms with Crippen molar-refractivity contribution in [1.29, 1.82) is 0 Å². The molecule has 0 spiro atoms. The van der Waals surface area contributed by atoms with Crippen molar-refractivity contribution in [3.8, 4) is 10.6 Å². The number of fused-ring (bicyclic) bond motifs is 1. The minimum absolute atomic E-state index is 0.261. The molecule has 3 aromatic rings. The summed E-state index contributed by atoms with van der Waals surface area (Å²) >= 11 is 1.21. The van der Waals surface area contributed by atoms with Crippen LogP contribution in [0.4, 0.5) is 18.9 Å². The Morgan fingerprint density at radius 2 is 1.95 bits per heavy atom. The molecule has 2 heterocycles. The number of thiazole rings is 1. The molecule has 2 N–H and O–H groups in total. The van der Waals surface area contributed by atoms with Crippen molar-refractivity contribution < 1.29 is 13.2 Å². The van der Waals surface area contributed by atoms with E-state index in [1.54, 1.807) is 18.3 Å². The van der Waals surface area contributed by atoms with Crippen LogP contribution in [0.15, 0.2) is 36.5 Å². The van der Waals surface area contributed by atoms with Crippen LogP contribution in [0.5, 0.6) is 0 Å². The number of alkyl halides is 3. The van der Waals surface area contributed by atoms with E-state index in [2.05, 4.69) is 9.97 Å². The fraction of sp³-hybridized carbons (Fsp3) is 0.0769. The van der Waals surface area contributed by atoms with Gasteiger partial charge in [-0.25, -0.2) is 9.97 Å². The maximum atomic E-state index is 12.7. The molecule has 2 aromatic heterocycles. The third-order valence-corrected chi connectivity index (χ3v) is 3.79. The average molecular weight is 295 g/mol. The second-order valence-electron chi connectivity index (χ2n) is 4.15. The van der Waals surface area contributed by atoms with Crippen molar-refractivity contribution in [2.24, 2.45) is 0 Å². The molecule has 0 radical (unpaired) electrons. The second-order valence-corrected chi connectivity index (χ2v) is 5.12. The van der Waals surface area contributed by atoms with Crippen LogP contribution in [0.2, 0.25) is 0 Å². The lowest BCUT2D eigenvalue weighted by atomic mass is 10.1. The highest BCUT2D eigenvalue weighted by Crippen LogP contribution is 2.37. The van der Waals surface area contributed by atoms with E-state index in [0.717, 1.165) is 12.1 Å². The molecule has 102 valence electrons. The number of nitrogen functional groups attached to an aromatic ring is 1. The minimum Gasteiger partial charge on any atom is -0.398 e. The monoisotopic (exact) mass is 295 g/mol. The number of hydrogen-bond acceptors (Lipinski definition) is 4. The summed E-state index contributed by atoms with van der Waals surface area (Å²) in [5.41, 5.74) is 6.21. The van der Waals surface area contributed by atoms with Gasteiger partial charge in [-0.2, -0.15) is 13.2 Å². The number of hydrogen-bond donors (Lipinski definition) is 1.